The Morgan fingerprint density at radius 3 is 2.22 bits per heavy atom. The molecule has 0 aliphatic heterocycles. The molecular weight excluding hydrogens is 338 g/mol. The molecule has 2 fully saturated rings. The van der Waals surface area contributed by atoms with E-state index in [4.69, 9.17) is 5.73 Å². The van der Waals surface area contributed by atoms with E-state index in [-0.39, 0.29) is 18.4 Å². The second-order valence-corrected chi connectivity index (χ2v) is 9.03. The van der Waals surface area contributed by atoms with Crippen molar-refractivity contribution >= 4 is 28.3 Å². The minimum Gasteiger partial charge on any atom is -0.348 e. The van der Waals surface area contributed by atoms with Gasteiger partial charge >= 0.3 is 0 Å². The maximum atomic E-state index is 12.1. The third-order valence-corrected chi connectivity index (χ3v) is 6.35. The van der Waals surface area contributed by atoms with Crippen LogP contribution in [0, 0.1) is 11.8 Å². The first-order valence-corrected chi connectivity index (χ1v) is 9.90. The van der Waals surface area contributed by atoms with Crippen LogP contribution in [0.2, 0.25) is 0 Å². The number of amides is 1. The summed E-state index contributed by atoms with van der Waals surface area (Å²) in [5, 5.41) is 2.82. The molecule has 23 heavy (non-hydrogen) atoms. The average molecular weight is 368 g/mol. The average Bonchev–Trinajstić information content (AvgIpc) is 3.25. The smallest absolute Gasteiger partial charge is 0.237 e. The van der Waals surface area contributed by atoms with E-state index in [0.29, 0.717) is 18.4 Å². The van der Waals surface area contributed by atoms with Gasteiger partial charge in [-0.05, 0) is 57.3 Å². The molecule has 2 aliphatic rings. The zero-order valence-corrected chi connectivity index (χ0v) is 15.6. The summed E-state index contributed by atoms with van der Waals surface area (Å²) < 4.78 is 27.0. The fraction of sp³-hybridized carbons (Fsp3) is 0.933. The van der Waals surface area contributed by atoms with Gasteiger partial charge in [0, 0.05) is 12.6 Å². The number of hydrogen-bond donors (Lipinski definition) is 3. The summed E-state index contributed by atoms with van der Waals surface area (Å²) in [6.07, 6.45) is 5.85. The molecule has 1 atom stereocenters. The van der Waals surface area contributed by atoms with Crippen molar-refractivity contribution in [3.8, 4) is 0 Å². The van der Waals surface area contributed by atoms with Gasteiger partial charge in [-0.3, -0.25) is 4.79 Å². The molecular formula is C15H30ClN3O3S. The fourth-order valence-electron chi connectivity index (χ4n) is 3.24. The molecule has 2 saturated carbocycles. The molecule has 0 aromatic heterocycles. The lowest BCUT2D eigenvalue weighted by molar-refractivity contribution is -0.120. The lowest BCUT2D eigenvalue weighted by atomic mass is 9.88. The zero-order chi connectivity index (χ0) is 16.4. The summed E-state index contributed by atoms with van der Waals surface area (Å²) in [6, 6.07) is -0.0293. The number of nitrogens with two attached hydrogens (primary N) is 1. The van der Waals surface area contributed by atoms with Crippen LogP contribution in [0.5, 0.6) is 0 Å². The van der Waals surface area contributed by atoms with Crippen LogP contribution in [0.15, 0.2) is 0 Å². The molecule has 8 heteroatoms. The first kappa shape index (κ1) is 20.7. The van der Waals surface area contributed by atoms with E-state index in [2.05, 4.69) is 17.0 Å². The number of hydrogen-bond acceptors (Lipinski definition) is 4. The molecule has 0 bridgehead atoms. The highest BCUT2D eigenvalue weighted by atomic mass is 35.5. The zero-order valence-electron chi connectivity index (χ0n) is 14.0. The van der Waals surface area contributed by atoms with Crippen LogP contribution in [-0.4, -0.2) is 38.2 Å². The van der Waals surface area contributed by atoms with E-state index in [9.17, 15) is 13.2 Å². The summed E-state index contributed by atoms with van der Waals surface area (Å²) in [4.78, 5) is 12.1. The van der Waals surface area contributed by atoms with E-state index >= 15 is 0 Å². The highest BCUT2D eigenvalue weighted by Crippen LogP contribution is 2.38. The number of carbonyl (C=O) groups is 1. The van der Waals surface area contributed by atoms with Gasteiger partial charge in [0.2, 0.25) is 15.9 Å². The Bertz CT molecular complexity index is 502. The SMILES string of the molecule is CC1CCC(NS(=O)(=O)CC(=O)NC(C)(CN)C2CC2)CC1.Cl. The molecule has 136 valence electrons. The maximum absolute atomic E-state index is 12.1. The summed E-state index contributed by atoms with van der Waals surface area (Å²) in [5.41, 5.74) is 5.26. The lowest BCUT2D eigenvalue weighted by Gasteiger charge is -2.30. The number of nitrogens with one attached hydrogen (secondary N) is 2. The van der Waals surface area contributed by atoms with E-state index in [1.54, 1.807) is 0 Å². The molecule has 0 spiro atoms. The number of carbonyl (C=O) groups excluding carboxylic acids is 1. The van der Waals surface area contributed by atoms with Gasteiger partial charge in [0.25, 0.3) is 0 Å². The largest absolute Gasteiger partial charge is 0.348 e. The first-order valence-electron chi connectivity index (χ1n) is 8.25. The fourth-order valence-corrected chi connectivity index (χ4v) is 4.49. The van der Waals surface area contributed by atoms with Gasteiger partial charge in [0.15, 0.2) is 0 Å². The highest BCUT2D eigenvalue weighted by molar-refractivity contribution is 7.90. The normalized spacial score (nSPS) is 27.6. The van der Waals surface area contributed by atoms with Crippen molar-refractivity contribution in [3.63, 3.8) is 0 Å². The van der Waals surface area contributed by atoms with Crippen LogP contribution in [0.3, 0.4) is 0 Å². The molecule has 1 amide bonds. The predicted molar refractivity (Wildman–Crippen MR) is 93.9 cm³/mol. The quantitative estimate of drug-likeness (QED) is 0.628. The van der Waals surface area contributed by atoms with Crippen LogP contribution < -0.4 is 15.8 Å². The predicted octanol–water partition coefficient (Wildman–Crippen LogP) is 1.15. The van der Waals surface area contributed by atoms with Crippen LogP contribution in [0.1, 0.15) is 52.4 Å². The summed E-state index contributed by atoms with van der Waals surface area (Å²) in [7, 11) is -3.59. The van der Waals surface area contributed by atoms with Gasteiger partial charge in [0.1, 0.15) is 5.75 Å². The Kier molecular flexibility index (Phi) is 7.32. The second-order valence-electron chi connectivity index (χ2n) is 7.28. The Morgan fingerprint density at radius 2 is 1.74 bits per heavy atom. The summed E-state index contributed by atoms with van der Waals surface area (Å²) >= 11 is 0. The molecule has 0 aromatic carbocycles. The van der Waals surface area contributed by atoms with Crippen molar-refractivity contribution in [3.05, 3.63) is 0 Å². The molecule has 2 rings (SSSR count). The van der Waals surface area contributed by atoms with Crippen molar-refractivity contribution in [2.45, 2.75) is 64.0 Å². The molecule has 0 saturated heterocycles. The monoisotopic (exact) mass is 367 g/mol. The summed E-state index contributed by atoms with van der Waals surface area (Å²) in [5.74, 6) is 0.0581. The molecule has 4 N–H and O–H groups in total. The minimum absolute atomic E-state index is 0. The van der Waals surface area contributed by atoms with Crippen LogP contribution >= 0.6 is 12.4 Å². The Hall–Kier alpha value is -0.370. The third-order valence-electron chi connectivity index (χ3n) is 5.01. The molecule has 0 aromatic rings. The molecule has 1 unspecified atom stereocenters. The second kappa shape index (κ2) is 8.14. The molecule has 2 aliphatic carbocycles. The van der Waals surface area contributed by atoms with Crippen molar-refractivity contribution in [2.75, 3.05) is 12.3 Å². The Labute approximate surface area is 145 Å². The van der Waals surface area contributed by atoms with Gasteiger partial charge in [-0.25, -0.2) is 13.1 Å². The topological polar surface area (TPSA) is 101 Å². The van der Waals surface area contributed by atoms with E-state index in [0.717, 1.165) is 38.5 Å². The van der Waals surface area contributed by atoms with Crippen molar-refractivity contribution in [1.82, 2.24) is 10.0 Å². The minimum atomic E-state index is -3.59. The van der Waals surface area contributed by atoms with Crippen LogP contribution in [0.4, 0.5) is 0 Å². The van der Waals surface area contributed by atoms with Crippen LogP contribution in [0.25, 0.3) is 0 Å². The van der Waals surface area contributed by atoms with Gasteiger partial charge < -0.3 is 11.1 Å². The van der Waals surface area contributed by atoms with Crippen molar-refractivity contribution in [1.29, 1.82) is 0 Å². The molecule has 0 radical (unpaired) electrons. The van der Waals surface area contributed by atoms with Gasteiger partial charge in [0.05, 0.1) is 5.54 Å². The number of rotatable bonds is 7. The first-order chi connectivity index (χ1) is 10.2. The van der Waals surface area contributed by atoms with E-state index < -0.39 is 27.2 Å². The molecule has 0 heterocycles. The van der Waals surface area contributed by atoms with E-state index in [1.807, 2.05) is 6.92 Å². The standard InChI is InChI=1S/C15H29N3O3S.ClH/c1-11-3-7-13(8-4-11)18-22(20,21)9-14(19)17-15(2,10-16)12-5-6-12;/h11-13,18H,3-10,16H2,1-2H3,(H,17,19);1H. The van der Waals surface area contributed by atoms with Crippen molar-refractivity contribution in [2.24, 2.45) is 17.6 Å². The Balaban J connectivity index is 0.00000264. The third kappa shape index (κ3) is 6.21. The summed E-state index contributed by atoms with van der Waals surface area (Å²) in [6.45, 7) is 4.41. The maximum Gasteiger partial charge on any atom is 0.237 e. The van der Waals surface area contributed by atoms with Crippen molar-refractivity contribution < 1.29 is 13.2 Å². The Morgan fingerprint density at radius 1 is 1.17 bits per heavy atom. The van der Waals surface area contributed by atoms with Gasteiger partial charge in [-0.15, -0.1) is 12.4 Å². The van der Waals surface area contributed by atoms with Gasteiger partial charge in [-0.2, -0.15) is 0 Å². The van der Waals surface area contributed by atoms with Gasteiger partial charge in [-0.1, -0.05) is 6.92 Å². The number of sulfonamides is 1. The van der Waals surface area contributed by atoms with Crippen LogP contribution in [-0.2, 0) is 14.8 Å². The van der Waals surface area contributed by atoms with E-state index in [1.165, 1.54) is 0 Å². The lowest BCUT2D eigenvalue weighted by Crippen LogP contribution is -2.55. The molecule has 6 nitrogen and oxygen atoms in total. The number of halogens is 1. The highest BCUT2D eigenvalue weighted by Gasteiger charge is 2.42.